The Kier molecular flexibility index (Phi) is 5.27. The minimum Gasteiger partial charge on any atom is -0.368 e. The van der Waals surface area contributed by atoms with Crippen LogP contribution in [0.4, 0.5) is 5.95 Å². The van der Waals surface area contributed by atoms with Gasteiger partial charge < -0.3 is 10.6 Å². The summed E-state index contributed by atoms with van der Waals surface area (Å²) in [4.78, 5) is 14.3. The maximum atomic E-state index is 12.4. The van der Waals surface area contributed by atoms with Crippen LogP contribution in [-0.4, -0.2) is 37.9 Å². The number of thioether (sulfide) groups is 1. The molecule has 0 aromatic carbocycles. The maximum absolute atomic E-state index is 12.4. The molecule has 0 atom stereocenters. The number of rotatable bonds is 6. The normalized spacial score (nSPS) is 14.6. The SMILES string of the molecule is CCN(C(=O)CSc1nnc(N)n1C(C)C)C1=CCCC1. The van der Waals surface area contributed by atoms with Crippen molar-refractivity contribution in [2.24, 2.45) is 0 Å². The van der Waals surface area contributed by atoms with Crippen LogP contribution >= 0.6 is 11.8 Å². The fraction of sp³-hybridized carbons (Fsp3) is 0.643. The predicted molar refractivity (Wildman–Crippen MR) is 84.9 cm³/mol. The summed E-state index contributed by atoms with van der Waals surface area (Å²) in [6, 6.07) is 0.178. The van der Waals surface area contributed by atoms with Crippen molar-refractivity contribution < 1.29 is 4.79 Å². The van der Waals surface area contributed by atoms with Gasteiger partial charge in [-0.25, -0.2) is 0 Å². The highest BCUT2D eigenvalue weighted by molar-refractivity contribution is 7.99. The highest BCUT2D eigenvalue weighted by atomic mass is 32.2. The van der Waals surface area contributed by atoms with E-state index in [1.807, 2.05) is 30.2 Å². The summed E-state index contributed by atoms with van der Waals surface area (Å²) in [5.74, 6) is 0.870. The third kappa shape index (κ3) is 3.58. The highest BCUT2D eigenvalue weighted by Gasteiger charge is 2.20. The van der Waals surface area contributed by atoms with Crippen molar-refractivity contribution in [3.63, 3.8) is 0 Å². The molecule has 1 aromatic heterocycles. The molecule has 1 aliphatic rings. The van der Waals surface area contributed by atoms with Crippen LogP contribution in [0, 0.1) is 0 Å². The van der Waals surface area contributed by atoms with Gasteiger partial charge in [-0.3, -0.25) is 9.36 Å². The van der Waals surface area contributed by atoms with E-state index in [0.717, 1.165) is 25.0 Å². The second-order valence-electron chi connectivity index (χ2n) is 5.32. The molecule has 21 heavy (non-hydrogen) atoms. The van der Waals surface area contributed by atoms with Gasteiger partial charge in [0.15, 0.2) is 5.16 Å². The average Bonchev–Trinajstić information content (AvgIpc) is 3.07. The van der Waals surface area contributed by atoms with Gasteiger partial charge in [0.1, 0.15) is 0 Å². The molecule has 0 bridgehead atoms. The number of aromatic nitrogens is 3. The standard InChI is InChI=1S/C14H23N5OS/c1-4-18(11-7-5-6-8-11)12(20)9-21-14-17-16-13(15)19(14)10(2)3/h7,10H,4-6,8-9H2,1-3H3,(H2,15,16). The van der Waals surface area contributed by atoms with Crippen molar-refractivity contribution >= 4 is 23.6 Å². The van der Waals surface area contributed by atoms with Gasteiger partial charge in [0.25, 0.3) is 0 Å². The predicted octanol–water partition coefficient (Wildman–Crippen LogP) is 2.45. The first-order chi connectivity index (χ1) is 10.0. The van der Waals surface area contributed by atoms with E-state index in [4.69, 9.17) is 5.73 Å². The molecular weight excluding hydrogens is 286 g/mol. The Bertz CT molecular complexity index is 537. The second kappa shape index (κ2) is 6.98. The maximum Gasteiger partial charge on any atom is 0.237 e. The molecule has 1 aliphatic carbocycles. The molecule has 0 fully saturated rings. The number of nitrogens with two attached hydrogens (primary N) is 1. The quantitative estimate of drug-likeness (QED) is 0.817. The van der Waals surface area contributed by atoms with E-state index in [2.05, 4.69) is 16.3 Å². The van der Waals surface area contributed by atoms with Gasteiger partial charge in [0.2, 0.25) is 11.9 Å². The monoisotopic (exact) mass is 309 g/mol. The summed E-state index contributed by atoms with van der Waals surface area (Å²) >= 11 is 1.40. The lowest BCUT2D eigenvalue weighted by molar-refractivity contribution is -0.126. The molecule has 1 aromatic rings. The lowest BCUT2D eigenvalue weighted by Crippen LogP contribution is -2.31. The molecule has 7 heteroatoms. The van der Waals surface area contributed by atoms with Gasteiger partial charge >= 0.3 is 0 Å². The van der Waals surface area contributed by atoms with Crippen molar-refractivity contribution in [3.05, 3.63) is 11.8 Å². The second-order valence-corrected chi connectivity index (χ2v) is 6.26. The van der Waals surface area contributed by atoms with Crippen molar-refractivity contribution in [2.75, 3.05) is 18.0 Å². The molecule has 1 amide bonds. The first-order valence-corrected chi connectivity index (χ1v) is 8.35. The number of carbonyl (C=O) groups is 1. The first kappa shape index (κ1) is 15.9. The molecule has 0 saturated carbocycles. The topological polar surface area (TPSA) is 77.0 Å². The van der Waals surface area contributed by atoms with E-state index < -0.39 is 0 Å². The van der Waals surface area contributed by atoms with Crippen LogP contribution < -0.4 is 5.73 Å². The van der Waals surface area contributed by atoms with Crippen LogP contribution in [-0.2, 0) is 4.79 Å². The van der Waals surface area contributed by atoms with Crippen LogP contribution in [0.25, 0.3) is 0 Å². The van der Waals surface area contributed by atoms with E-state index in [-0.39, 0.29) is 11.9 Å². The van der Waals surface area contributed by atoms with Gasteiger partial charge in [-0.2, -0.15) is 0 Å². The van der Waals surface area contributed by atoms with E-state index in [0.29, 0.717) is 23.4 Å². The Hall–Kier alpha value is -1.50. The number of amides is 1. The van der Waals surface area contributed by atoms with Gasteiger partial charge in [-0.05, 0) is 40.0 Å². The lowest BCUT2D eigenvalue weighted by atomic mass is 10.3. The molecule has 6 nitrogen and oxygen atoms in total. The number of hydrogen-bond acceptors (Lipinski definition) is 5. The van der Waals surface area contributed by atoms with Crippen LogP contribution in [0.1, 0.15) is 46.1 Å². The van der Waals surface area contributed by atoms with Crippen LogP contribution in [0.5, 0.6) is 0 Å². The van der Waals surface area contributed by atoms with Crippen molar-refractivity contribution in [3.8, 4) is 0 Å². The molecule has 0 aliphatic heterocycles. The Balaban J connectivity index is 2.00. The molecule has 0 radical (unpaired) electrons. The Morgan fingerprint density at radius 1 is 1.52 bits per heavy atom. The number of nitrogens with zero attached hydrogens (tertiary/aromatic N) is 4. The highest BCUT2D eigenvalue weighted by Crippen LogP contribution is 2.25. The summed E-state index contributed by atoms with van der Waals surface area (Å²) < 4.78 is 1.85. The summed E-state index contributed by atoms with van der Waals surface area (Å²) in [5, 5.41) is 8.65. The Morgan fingerprint density at radius 2 is 2.29 bits per heavy atom. The zero-order valence-electron chi connectivity index (χ0n) is 12.9. The largest absolute Gasteiger partial charge is 0.368 e. The number of nitrogen functional groups attached to an aromatic ring is 1. The van der Waals surface area contributed by atoms with E-state index >= 15 is 0 Å². The third-order valence-corrected chi connectivity index (χ3v) is 4.44. The van der Waals surface area contributed by atoms with Gasteiger partial charge in [-0.1, -0.05) is 17.8 Å². The smallest absolute Gasteiger partial charge is 0.237 e. The third-order valence-electron chi connectivity index (χ3n) is 3.51. The molecule has 0 saturated heterocycles. The number of carbonyl (C=O) groups excluding carboxylic acids is 1. The number of anilines is 1. The van der Waals surface area contributed by atoms with Crippen LogP contribution in [0.3, 0.4) is 0 Å². The summed E-state index contributed by atoms with van der Waals surface area (Å²) in [6.45, 7) is 6.77. The minimum absolute atomic E-state index is 0.118. The van der Waals surface area contributed by atoms with E-state index in [1.54, 1.807) is 0 Å². The summed E-state index contributed by atoms with van der Waals surface area (Å²) in [7, 11) is 0. The average molecular weight is 309 g/mol. The van der Waals surface area contributed by atoms with Crippen LogP contribution in [0.15, 0.2) is 16.9 Å². The van der Waals surface area contributed by atoms with Gasteiger partial charge in [0, 0.05) is 18.3 Å². The zero-order chi connectivity index (χ0) is 15.4. The molecule has 0 unspecified atom stereocenters. The lowest BCUT2D eigenvalue weighted by Gasteiger charge is -2.22. The fourth-order valence-corrected chi connectivity index (χ4v) is 3.47. The van der Waals surface area contributed by atoms with E-state index in [9.17, 15) is 4.79 Å². The summed E-state index contributed by atoms with van der Waals surface area (Å²) in [6.07, 6.45) is 5.38. The molecular formula is C14H23N5OS. The van der Waals surface area contributed by atoms with Crippen LogP contribution in [0.2, 0.25) is 0 Å². The number of hydrogen-bond donors (Lipinski definition) is 1. The molecule has 2 N–H and O–H groups in total. The minimum atomic E-state index is 0.118. The molecule has 0 spiro atoms. The van der Waals surface area contributed by atoms with Crippen molar-refractivity contribution in [1.82, 2.24) is 19.7 Å². The number of allylic oxidation sites excluding steroid dienone is 2. The first-order valence-electron chi connectivity index (χ1n) is 7.37. The Morgan fingerprint density at radius 3 is 2.86 bits per heavy atom. The summed E-state index contributed by atoms with van der Waals surface area (Å²) in [5.41, 5.74) is 6.97. The van der Waals surface area contributed by atoms with Crippen molar-refractivity contribution in [1.29, 1.82) is 0 Å². The van der Waals surface area contributed by atoms with Gasteiger partial charge in [0.05, 0.1) is 5.75 Å². The zero-order valence-corrected chi connectivity index (χ0v) is 13.7. The Labute approximate surface area is 129 Å². The molecule has 2 rings (SSSR count). The fourth-order valence-electron chi connectivity index (χ4n) is 2.52. The van der Waals surface area contributed by atoms with Crippen molar-refractivity contribution in [2.45, 2.75) is 51.2 Å². The molecule has 1 heterocycles. The van der Waals surface area contributed by atoms with E-state index in [1.165, 1.54) is 11.8 Å². The van der Waals surface area contributed by atoms with Gasteiger partial charge in [-0.15, -0.1) is 10.2 Å². The molecule has 116 valence electrons.